The fourth-order valence-corrected chi connectivity index (χ4v) is 3.64. The molecule has 0 radical (unpaired) electrons. The van der Waals surface area contributed by atoms with Crippen molar-refractivity contribution in [2.75, 3.05) is 6.54 Å². The van der Waals surface area contributed by atoms with Crippen LogP contribution in [0, 0.1) is 0 Å². The first-order chi connectivity index (χ1) is 15.1. The molecule has 4 amide bonds. The predicted octanol–water partition coefficient (Wildman–Crippen LogP) is 3.45. The van der Waals surface area contributed by atoms with Crippen LogP contribution < -0.4 is 10.6 Å². The summed E-state index contributed by atoms with van der Waals surface area (Å²) in [5.41, 5.74) is 3.36. The number of hydrogen-bond acceptors (Lipinski definition) is 3. The topological polar surface area (TPSA) is 78.5 Å². The number of benzene rings is 3. The Hall–Kier alpha value is -3.93. The van der Waals surface area contributed by atoms with Crippen LogP contribution in [0.4, 0.5) is 4.79 Å². The van der Waals surface area contributed by atoms with Crippen LogP contribution >= 0.6 is 0 Å². The molecule has 4 rings (SSSR count). The summed E-state index contributed by atoms with van der Waals surface area (Å²) in [5.74, 6) is -0.476. The lowest BCUT2D eigenvalue weighted by Crippen LogP contribution is -2.31. The van der Waals surface area contributed by atoms with Gasteiger partial charge in [0.15, 0.2) is 0 Å². The molecule has 0 aliphatic carbocycles. The molecule has 1 atom stereocenters. The quantitative estimate of drug-likeness (QED) is 0.583. The van der Waals surface area contributed by atoms with Crippen LogP contribution in [-0.2, 0) is 17.8 Å². The number of urea groups is 1. The van der Waals surface area contributed by atoms with E-state index in [9.17, 15) is 14.4 Å². The highest BCUT2D eigenvalue weighted by Gasteiger charge is 2.28. The Morgan fingerprint density at radius 2 is 1.58 bits per heavy atom. The van der Waals surface area contributed by atoms with Gasteiger partial charge in [-0.3, -0.25) is 14.5 Å². The Labute approximate surface area is 180 Å². The molecule has 0 saturated carbocycles. The lowest BCUT2D eigenvalue weighted by Gasteiger charge is -2.20. The van der Waals surface area contributed by atoms with Gasteiger partial charge in [0.2, 0.25) is 5.91 Å². The minimum absolute atomic E-state index is 0.0112. The first-order valence-electron chi connectivity index (χ1n) is 10.2. The van der Waals surface area contributed by atoms with Gasteiger partial charge in [-0.15, -0.1) is 0 Å². The number of hydrogen-bond donors (Lipinski definition) is 2. The zero-order valence-electron chi connectivity index (χ0n) is 17.0. The van der Waals surface area contributed by atoms with E-state index in [-0.39, 0.29) is 30.9 Å². The lowest BCUT2D eigenvalue weighted by molar-refractivity contribution is -0.125. The van der Waals surface area contributed by atoms with E-state index in [0.717, 1.165) is 21.6 Å². The minimum Gasteiger partial charge on any atom is -0.345 e. The Bertz CT molecular complexity index is 1070. The Morgan fingerprint density at radius 3 is 2.26 bits per heavy atom. The number of carbonyl (C=O) groups is 3. The number of rotatable bonds is 7. The van der Waals surface area contributed by atoms with Gasteiger partial charge in [0.1, 0.15) is 0 Å². The molecule has 1 aliphatic heterocycles. The maximum Gasteiger partial charge on any atom is 0.324 e. The molecule has 1 fully saturated rings. The van der Waals surface area contributed by atoms with E-state index in [2.05, 4.69) is 10.6 Å². The zero-order chi connectivity index (χ0) is 21.6. The van der Waals surface area contributed by atoms with Crippen LogP contribution in [0.3, 0.4) is 0 Å². The molecule has 3 aromatic carbocycles. The summed E-state index contributed by atoms with van der Waals surface area (Å²) in [4.78, 5) is 37.9. The van der Waals surface area contributed by atoms with E-state index in [1.807, 2.05) is 60.7 Å². The Kier molecular flexibility index (Phi) is 6.08. The Balaban J connectivity index is 1.52. The van der Waals surface area contributed by atoms with Crippen LogP contribution in [0.2, 0.25) is 0 Å². The molecule has 2 N–H and O–H groups in total. The summed E-state index contributed by atoms with van der Waals surface area (Å²) in [6.07, 6.45) is 0.665. The van der Waals surface area contributed by atoms with Crippen molar-refractivity contribution in [1.29, 1.82) is 0 Å². The third-order valence-corrected chi connectivity index (χ3v) is 5.26. The lowest BCUT2D eigenvalue weighted by atomic mass is 9.98. The second-order valence-corrected chi connectivity index (χ2v) is 7.47. The second-order valence-electron chi connectivity index (χ2n) is 7.47. The average Bonchev–Trinajstić information content (AvgIpc) is 3.12. The molecular formula is C25H23N3O3. The van der Waals surface area contributed by atoms with Gasteiger partial charge in [0, 0.05) is 5.56 Å². The number of carbonyl (C=O) groups excluding carboxylic acids is 3. The van der Waals surface area contributed by atoms with E-state index in [0.29, 0.717) is 12.0 Å². The normalized spacial score (nSPS) is 14.3. The highest BCUT2D eigenvalue weighted by molar-refractivity contribution is 6.02. The van der Waals surface area contributed by atoms with Crippen molar-refractivity contribution < 1.29 is 14.4 Å². The van der Waals surface area contributed by atoms with Gasteiger partial charge in [-0.1, -0.05) is 72.8 Å². The van der Waals surface area contributed by atoms with Gasteiger partial charge < -0.3 is 10.6 Å². The van der Waals surface area contributed by atoms with Crippen molar-refractivity contribution in [3.05, 3.63) is 107 Å². The average molecular weight is 413 g/mol. The molecule has 156 valence electrons. The zero-order valence-corrected chi connectivity index (χ0v) is 17.0. The van der Waals surface area contributed by atoms with Gasteiger partial charge in [-0.25, -0.2) is 4.79 Å². The van der Waals surface area contributed by atoms with Gasteiger partial charge in [-0.05, 0) is 35.2 Å². The number of amides is 4. The molecule has 6 nitrogen and oxygen atoms in total. The second kappa shape index (κ2) is 9.26. The fourth-order valence-electron chi connectivity index (χ4n) is 3.64. The van der Waals surface area contributed by atoms with Crippen LogP contribution in [0.1, 0.15) is 33.1 Å². The van der Waals surface area contributed by atoms with Crippen LogP contribution in [-0.4, -0.2) is 29.3 Å². The SMILES string of the molecule is O=C(N[C@@H](Cc1ccccc1)c1ccccc1)c1cccc(CN2C(=O)CNC2=O)c1. The van der Waals surface area contributed by atoms with E-state index < -0.39 is 6.03 Å². The molecule has 1 aliphatic rings. The van der Waals surface area contributed by atoms with E-state index in [1.165, 1.54) is 0 Å². The first kappa shape index (κ1) is 20.3. The van der Waals surface area contributed by atoms with Crippen LogP contribution in [0.5, 0.6) is 0 Å². The van der Waals surface area contributed by atoms with Gasteiger partial charge >= 0.3 is 6.03 Å². The molecular weight excluding hydrogens is 390 g/mol. The van der Waals surface area contributed by atoms with Crippen molar-refractivity contribution >= 4 is 17.8 Å². The maximum absolute atomic E-state index is 13.1. The summed E-state index contributed by atoms with van der Waals surface area (Å²) in [7, 11) is 0. The highest BCUT2D eigenvalue weighted by atomic mass is 16.2. The predicted molar refractivity (Wildman–Crippen MR) is 117 cm³/mol. The monoisotopic (exact) mass is 413 g/mol. The van der Waals surface area contributed by atoms with Crippen molar-refractivity contribution in [3.63, 3.8) is 0 Å². The molecule has 0 unspecified atom stereocenters. The fraction of sp³-hybridized carbons (Fsp3) is 0.160. The highest BCUT2D eigenvalue weighted by Crippen LogP contribution is 2.20. The van der Waals surface area contributed by atoms with Crippen molar-refractivity contribution in [1.82, 2.24) is 15.5 Å². The molecule has 6 heteroatoms. The summed E-state index contributed by atoms with van der Waals surface area (Å²) in [6.45, 7) is 0.148. The number of nitrogens with one attached hydrogen (secondary N) is 2. The van der Waals surface area contributed by atoms with Crippen LogP contribution in [0.25, 0.3) is 0 Å². The van der Waals surface area contributed by atoms with Crippen molar-refractivity contribution in [2.24, 2.45) is 0 Å². The molecule has 1 heterocycles. The standard InChI is InChI=1S/C25H23N3O3/c29-23-16-26-25(31)28(23)17-19-10-7-13-21(14-19)24(30)27-22(20-11-5-2-6-12-20)15-18-8-3-1-4-9-18/h1-14,22H,15-17H2,(H,26,31)(H,27,30)/t22-/m0/s1. The van der Waals surface area contributed by atoms with Crippen molar-refractivity contribution in [3.8, 4) is 0 Å². The number of nitrogens with zero attached hydrogens (tertiary/aromatic N) is 1. The molecule has 1 saturated heterocycles. The van der Waals surface area contributed by atoms with E-state index >= 15 is 0 Å². The summed E-state index contributed by atoms with van der Waals surface area (Å²) < 4.78 is 0. The number of imide groups is 1. The van der Waals surface area contributed by atoms with E-state index in [1.54, 1.807) is 24.3 Å². The maximum atomic E-state index is 13.1. The third-order valence-electron chi connectivity index (χ3n) is 5.26. The summed E-state index contributed by atoms with van der Waals surface area (Å²) >= 11 is 0. The van der Waals surface area contributed by atoms with Gasteiger partial charge in [-0.2, -0.15) is 0 Å². The Morgan fingerprint density at radius 1 is 0.903 bits per heavy atom. The van der Waals surface area contributed by atoms with Crippen LogP contribution in [0.15, 0.2) is 84.9 Å². The van der Waals surface area contributed by atoms with Gasteiger partial charge in [0.05, 0.1) is 19.1 Å². The molecule has 0 bridgehead atoms. The van der Waals surface area contributed by atoms with E-state index in [4.69, 9.17) is 0 Å². The summed E-state index contributed by atoms with van der Waals surface area (Å²) in [5, 5.41) is 5.64. The van der Waals surface area contributed by atoms with Gasteiger partial charge in [0.25, 0.3) is 5.91 Å². The minimum atomic E-state index is -0.410. The third kappa shape index (κ3) is 4.98. The molecule has 0 spiro atoms. The molecule has 3 aromatic rings. The largest absolute Gasteiger partial charge is 0.345 e. The molecule has 0 aromatic heterocycles. The van der Waals surface area contributed by atoms with Crippen molar-refractivity contribution in [2.45, 2.75) is 19.0 Å². The molecule has 31 heavy (non-hydrogen) atoms. The first-order valence-corrected chi connectivity index (χ1v) is 10.2. The summed E-state index contributed by atoms with van der Waals surface area (Å²) in [6, 6.07) is 26.3. The smallest absolute Gasteiger partial charge is 0.324 e.